The van der Waals surface area contributed by atoms with E-state index >= 15 is 0 Å². The van der Waals surface area contributed by atoms with Crippen molar-refractivity contribution in [1.29, 1.82) is 0 Å². The van der Waals surface area contributed by atoms with E-state index in [1.54, 1.807) is 25.1 Å². The van der Waals surface area contributed by atoms with Gasteiger partial charge < -0.3 is 14.8 Å². The lowest BCUT2D eigenvalue weighted by molar-refractivity contribution is -0.118. The number of esters is 1. The third kappa shape index (κ3) is 5.60. The van der Waals surface area contributed by atoms with Gasteiger partial charge in [-0.2, -0.15) is 0 Å². The summed E-state index contributed by atoms with van der Waals surface area (Å²) in [7, 11) is 0. The van der Waals surface area contributed by atoms with Crippen LogP contribution in [-0.4, -0.2) is 25.1 Å². The van der Waals surface area contributed by atoms with Gasteiger partial charge in [-0.3, -0.25) is 4.79 Å². The highest BCUT2D eigenvalue weighted by molar-refractivity contribution is 7.17. The molecule has 3 rings (SSSR count). The molecule has 0 aliphatic heterocycles. The minimum atomic E-state index is -0.376. The van der Waals surface area contributed by atoms with E-state index in [4.69, 9.17) is 21.1 Å². The van der Waals surface area contributed by atoms with Crippen LogP contribution in [-0.2, 0) is 22.4 Å². The van der Waals surface area contributed by atoms with Crippen LogP contribution >= 0.6 is 22.9 Å². The van der Waals surface area contributed by atoms with Crippen molar-refractivity contribution in [1.82, 2.24) is 0 Å². The van der Waals surface area contributed by atoms with E-state index in [-0.39, 0.29) is 23.9 Å². The Balaban J connectivity index is 1.78. The number of aryl methyl sites for hydroxylation is 1. The van der Waals surface area contributed by atoms with Crippen molar-refractivity contribution in [2.45, 2.75) is 53.9 Å². The van der Waals surface area contributed by atoms with Gasteiger partial charge in [-0.1, -0.05) is 32.4 Å². The van der Waals surface area contributed by atoms with Gasteiger partial charge in [-0.05, 0) is 73.8 Å². The lowest BCUT2D eigenvalue weighted by Crippen LogP contribution is -2.26. The van der Waals surface area contributed by atoms with Crippen molar-refractivity contribution < 1.29 is 19.1 Å². The third-order valence-electron chi connectivity index (χ3n) is 5.72. The molecule has 0 radical (unpaired) electrons. The van der Waals surface area contributed by atoms with Crippen LogP contribution in [0.3, 0.4) is 0 Å². The number of nitrogens with one attached hydrogen (secondary N) is 1. The molecule has 168 valence electrons. The van der Waals surface area contributed by atoms with Crippen LogP contribution in [0.1, 0.15) is 60.5 Å². The molecule has 1 atom stereocenters. The van der Waals surface area contributed by atoms with Crippen LogP contribution in [0.25, 0.3) is 0 Å². The van der Waals surface area contributed by atoms with Crippen molar-refractivity contribution in [3.63, 3.8) is 0 Å². The molecule has 1 aromatic carbocycles. The summed E-state index contributed by atoms with van der Waals surface area (Å²) in [5.41, 5.74) is 2.57. The molecule has 5 nitrogen and oxygen atoms in total. The zero-order valence-corrected chi connectivity index (χ0v) is 20.3. The SMILES string of the molecule is CCOC(=O)c1c(NC(=O)COc2ccc(Cl)cc2C)sc2c1CC[C@H](C(C)(C)C)C2. The molecule has 2 aromatic rings. The Morgan fingerprint density at radius 3 is 2.68 bits per heavy atom. The molecule has 0 fully saturated rings. The summed E-state index contributed by atoms with van der Waals surface area (Å²) in [6, 6.07) is 5.25. The number of rotatable bonds is 6. The maximum atomic E-state index is 12.7. The van der Waals surface area contributed by atoms with Gasteiger partial charge in [-0.25, -0.2) is 4.79 Å². The van der Waals surface area contributed by atoms with Gasteiger partial charge in [0.1, 0.15) is 10.8 Å². The smallest absolute Gasteiger partial charge is 0.341 e. The van der Waals surface area contributed by atoms with Gasteiger partial charge in [0.2, 0.25) is 0 Å². The maximum absolute atomic E-state index is 12.7. The topological polar surface area (TPSA) is 64.6 Å². The lowest BCUT2D eigenvalue weighted by Gasteiger charge is -2.33. The highest BCUT2D eigenvalue weighted by Crippen LogP contribution is 2.44. The number of ether oxygens (including phenoxy) is 2. The molecule has 0 saturated heterocycles. The molecule has 1 heterocycles. The largest absolute Gasteiger partial charge is 0.483 e. The molecular formula is C24H30ClNO4S. The normalized spacial score (nSPS) is 15.9. The minimum absolute atomic E-state index is 0.155. The number of thiophene rings is 1. The fraction of sp³-hybridized carbons (Fsp3) is 0.500. The van der Waals surface area contributed by atoms with E-state index in [1.807, 2.05) is 6.92 Å². The van der Waals surface area contributed by atoms with Crippen molar-refractivity contribution in [3.05, 3.63) is 44.8 Å². The molecule has 7 heteroatoms. The summed E-state index contributed by atoms with van der Waals surface area (Å²) in [4.78, 5) is 26.5. The first-order chi connectivity index (χ1) is 14.6. The first-order valence-electron chi connectivity index (χ1n) is 10.6. The summed E-state index contributed by atoms with van der Waals surface area (Å²) < 4.78 is 11.0. The Labute approximate surface area is 193 Å². The quantitative estimate of drug-likeness (QED) is 0.529. The van der Waals surface area contributed by atoms with Gasteiger partial charge in [-0.15, -0.1) is 11.3 Å². The summed E-state index contributed by atoms with van der Waals surface area (Å²) >= 11 is 7.46. The van der Waals surface area contributed by atoms with Crippen LogP contribution in [0.5, 0.6) is 5.75 Å². The Bertz CT molecular complexity index is 977. The van der Waals surface area contributed by atoms with E-state index in [1.165, 1.54) is 16.2 Å². The monoisotopic (exact) mass is 463 g/mol. The lowest BCUT2D eigenvalue weighted by atomic mass is 9.72. The molecule has 0 unspecified atom stereocenters. The van der Waals surface area contributed by atoms with E-state index in [0.29, 0.717) is 33.9 Å². The van der Waals surface area contributed by atoms with Crippen LogP contribution < -0.4 is 10.1 Å². The van der Waals surface area contributed by atoms with Crippen molar-refractivity contribution in [2.75, 3.05) is 18.5 Å². The van der Waals surface area contributed by atoms with Crippen molar-refractivity contribution >= 4 is 39.8 Å². The van der Waals surface area contributed by atoms with E-state index < -0.39 is 0 Å². The number of amides is 1. The van der Waals surface area contributed by atoms with Crippen LogP contribution in [0.4, 0.5) is 5.00 Å². The number of hydrogen-bond donors (Lipinski definition) is 1. The van der Waals surface area contributed by atoms with Gasteiger partial charge >= 0.3 is 5.97 Å². The molecule has 0 spiro atoms. The highest BCUT2D eigenvalue weighted by atomic mass is 35.5. The second-order valence-corrected chi connectivity index (χ2v) is 10.5. The second kappa shape index (κ2) is 9.61. The Morgan fingerprint density at radius 1 is 1.29 bits per heavy atom. The Morgan fingerprint density at radius 2 is 2.03 bits per heavy atom. The van der Waals surface area contributed by atoms with Crippen molar-refractivity contribution in [2.24, 2.45) is 11.3 Å². The van der Waals surface area contributed by atoms with Crippen LogP contribution in [0.2, 0.25) is 5.02 Å². The number of halogens is 1. The standard InChI is InChI=1S/C24H30ClNO4S/c1-6-29-23(28)21-17-9-7-15(24(3,4)5)12-19(17)31-22(21)26-20(27)13-30-18-10-8-16(25)11-14(18)2/h8,10-11,15H,6-7,9,12-13H2,1-5H3,(H,26,27)/t15-/m0/s1. The summed E-state index contributed by atoms with van der Waals surface area (Å²) in [6.45, 7) is 10.5. The summed E-state index contributed by atoms with van der Waals surface area (Å²) in [6.07, 6.45) is 2.75. The predicted octanol–water partition coefficient (Wildman–Crippen LogP) is 6.06. The second-order valence-electron chi connectivity index (χ2n) is 8.98. The third-order valence-corrected chi connectivity index (χ3v) is 7.12. The first-order valence-corrected chi connectivity index (χ1v) is 11.8. The zero-order chi connectivity index (χ0) is 22.8. The van der Waals surface area contributed by atoms with E-state index in [0.717, 1.165) is 30.4 Å². The maximum Gasteiger partial charge on any atom is 0.341 e. The Hall–Kier alpha value is -2.05. The minimum Gasteiger partial charge on any atom is -0.483 e. The molecule has 1 N–H and O–H groups in total. The molecule has 1 amide bonds. The number of carbonyl (C=O) groups excluding carboxylic acids is 2. The molecule has 1 aliphatic rings. The molecular weight excluding hydrogens is 434 g/mol. The van der Waals surface area contributed by atoms with Crippen LogP contribution in [0, 0.1) is 18.3 Å². The fourth-order valence-corrected chi connectivity index (χ4v) is 5.47. The number of fused-ring (bicyclic) bond motifs is 1. The average molecular weight is 464 g/mol. The molecule has 0 bridgehead atoms. The number of carbonyl (C=O) groups is 2. The van der Waals surface area contributed by atoms with Crippen molar-refractivity contribution in [3.8, 4) is 5.75 Å². The molecule has 0 saturated carbocycles. The zero-order valence-electron chi connectivity index (χ0n) is 18.8. The van der Waals surface area contributed by atoms with E-state index in [9.17, 15) is 9.59 Å². The average Bonchev–Trinajstić information content (AvgIpc) is 3.03. The first kappa shape index (κ1) is 23.6. The predicted molar refractivity (Wildman–Crippen MR) is 126 cm³/mol. The van der Waals surface area contributed by atoms with Gasteiger partial charge in [0.25, 0.3) is 5.91 Å². The molecule has 1 aromatic heterocycles. The van der Waals surface area contributed by atoms with Gasteiger partial charge in [0, 0.05) is 9.90 Å². The number of anilines is 1. The number of hydrogen-bond acceptors (Lipinski definition) is 5. The summed E-state index contributed by atoms with van der Waals surface area (Å²) in [5.74, 6) is 0.446. The molecule has 1 aliphatic carbocycles. The van der Waals surface area contributed by atoms with E-state index in [2.05, 4.69) is 26.1 Å². The highest BCUT2D eigenvalue weighted by Gasteiger charge is 2.34. The van der Waals surface area contributed by atoms with Crippen LogP contribution in [0.15, 0.2) is 18.2 Å². The van der Waals surface area contributed by atoms with Gasteiger partial charge in [0.05, 0.1) is 12.2 Å². The Kier molecular flexibility index (Phi) is 7.32. The molecule has 31 heavy (non-hydrogen) atoms. The fourth-order valence-electron chi connectivity index (χ4n) is 3.91. The summed E-state index contributed by atoms with van der Waals surface area (Å²) in [5, 5.41) is 4.06. The number of benzene rings is 1. The van der Waals surface area contributed by atoms with Gasteiger partial charge in [0.15, 0.2) is 6.61 Å².